The number of aromatic hydroxyl groups is 1. The number of hydrogen-bond acceptors (Lipinski definition) is 16. The van der Waals surface area contributed by atoms with Gasteiger partial charge >= 0.3 is 0 Å². The summed E-state index contributed by atoms with van der Waals surface area (Å²) < 4.78 is 5.86. The lowest BCUT2D eigenvalue weighted by Crippen LogP contribution is -2.56. The summed E-state index contributed by atoms with van der Waals surface area (Å²) >= 11 is 1.69. The molecule has 3 aliphatic heterocycles. The van der Waals surface area contributed by atoms with Crippen LogP contribution in [-0.4, -0.2) is 132 Å². The summed E-state index contributed by atoms with van der Waals surface area (Å²) in [6.07, 6.45) is 15.7. The van der Waals surface area contributed by atoms with Crippen LogP contribution in [0, 0.1) is 24.2 Å². The van der Waals surface area contributed by atoms with E-state index in [9.17, 15) is 15.0 Å². The minimum absolute atomic E-state index is 0.0348. The van der Waals surface area contributed by atoms with Gasteiger partial charge < -0.3 is 63.4 Å². The molecular formula is C59H92N12O5S. The van der Waals surface area contributed by atoms with Crippen LogP contribution in [-0.2, 0) is 9.59 Å². The molecule has 18 heteroatoms. The molecule has 4 aromatic rings. The highest BCUT2D eigenvalue weighted by Gasteiger charge is 2.47. The van der Waals surface area contributed by atoms with Crippen molar-refractivity contribution >= 4 is 35.2 Å². The minimum atomic E-state index is -0.342. The van der Waals surface area contributed by atoms with E-state index in [1.54, 1.807) is 35.6 Å². The molecule has 2 aromatic carbocycles. The van der Waals surface area contributed by atoms with Crippen LogP contribution in [0.3, 0.4) is 0 Å². The van der Waals surface area contributed by atoms with Crippen molar-refractivity contribution < 1.29 is 24.3 Å². The number of hydrogen-bond donors (Lipinski definition) is 8. The molecule has 13 N–H and O–H groups in total. The maximum atomic E-state index is 13.4. The average Bonchev–Trinajstić information content (AvgIpc) is 4.08. The van der Waals surface area contributed by atoms with Crippen molar-refractivity contribution in [1.82, 2.24) is 30.2 Å². The van der Waals surface area contributed by atoms with Gasteiger partial charge in [-0.1, -0.05) is 75.7 Å². The molecule has 17 nitrogen and oxygen atoms in total. The fraction of sp³-hybridized carbons (Fsp3) is 0.593. The molecule has 2 unspecified atom stereocenters. The van der Waals surface area contributed by atoms with Crippen LogP contribution in [0.1, 0.15) is 139 Å². The number of allylic oxidation sites excluding steroid dienone is 1. The molecule has 2 amide bonds. The Bertz CT molecular complexity index is 2450. The van der Waals surface area contributed by atoms with Crippen molar-refractivity contribution in [1.29, 1.82) is 0 Å². The number of likely N-dealkylation sites (tertiary alicyclic amines) is 2. The van der Waals surface area contributed by atoms with Crippen LogP contribution in [0.5, 0.6) is 5.75 Å². The predicted molar refractivity (Wildman–Crippen MR) is 311 cm³/mol. The van der Waals surface area contributed by atoms with Crippen LogP contribution in [0.2, 0.25) is 0 Å². The standard InChI is InChI=1S/C43H66N6O3S.C15H23N5O.CH3NO/c1-6-19-48(24-25-50)37-27-43(28-37)16-22-47(23-17-43)29-34-14-20-49(21-15-34)39-26-38(52-46-39)40(31(2)3)42(51)44-18-8-7-9-32(4)35-10-12-36(13-11-35)41-33(5)45-30-53-41;16-10-5-7-20(8-6-10)13(15(18)19)9-12(17)11-3-1-2-4-14(11)21;2-1-3/h10-13,26,30-32,34,37,40,50H,6-9,14-25,27-29H2,1-5H3,(H,44,51);1-4,9-10,21H,5-8,16-19H2;1H,(H2,2,3)/b;12-9-;. The Balaban J connectivity index is 0.000000332. The average molecular weight is 1080 g/mol. The number of para-hydroxylation sites is 1. The van der Waals surface area contributed by atoms with Gasteiger partial charge in [-0.25, -0.2) is 4.98 Å². The molecule has 3 saturated heterocycles. The Kier molecular flexibility index (Phi) is 23.5. The van der Waals surface area contributed by atoms with E-state index in [0.29, 0.717) is 46.6 Å². The second-order valence-electron chi connectivity index (χ2n) is 22.4. The Hall–Kier alpha value is -5.66. The number of aliphatic hydroxyl groups is 1. The minimum Gasteiger partial charge on any atom is -0.507 e. The number of thiazole rings is 1. The van der Waals surface area contributed by atoms with Gasteiger partial charge in [0.1, 0.15) is 17.5 Å². The number of nitrogens with zero attached hydrogens (tertiary/aromatic N) is 6. The van der Waals surface area contributed by atoms with Gasteiger partial charge in [0, 0.05) is 75.2 Å². The van der Waals surface area contributed by atoms with Crippen LogP contribution in [0.4, 0.5) is 5.82 Å². The number of unbranched alkanes of at least 4 members (excludes halogenated alkanes) is 1. The number of phenolic OH excluding ortho intramolecular Hbond substituents is 1. The number of aliphatic hydroxyl groups excluding tert-OH is 1. The van der Waals surface area contributed by atoms with Gasteiger partial charge in [-0.3, -0.25) is 14.5 Å². The van der Waals surface area contributed by atoms with Crippen molar-refractivity contribution in [3.63, 3.8) is 0 Å². The fourth-order valence-electron chi connectivity index (χ4n) is 11.8. The van der Waals surface area contributed by atoms with E-state index in [1.807, 2.05) is 17.6 Å². The first-order chi connectivity index (χ1) is 37.1. The van der Waals surface area contributed by atoms with Gasteiger partial charge in [0.05, 0.1) is 28.4 Å². The van der Waals surface area contributed by atoms with Crippen molar-refractivity contribution in [3.8, 4) is 16.2 Å². The zero-order chi connectivity index (χ0) is 55.5. The van der Waals surface area contributed by atoms with Crippen molar-refractivity contribution in [2.24, 2.45) is 45.9 Å². The number of aryl methyl sites for hydroxylation is 1. The number of rotatable bonds is 21. The second-order valence-corrected chi connectivity index (χ2v) is 23.2. The monoisotopic (exact) mass is 1080 g/mol. The van der Waals surface area contributed by atoms with Crippen LogP contribution in [0.15, 0.2) is 82.2 Å². The van der Waals surface area contributed by atoms with Crippen LogP contribution in [0.25, 0.3) is 16.1 Å². The summed E-state index contributed by atoms with van der Waals surface area (Å²) in [7, 11) is 0. The van der Waals surface area contributed by atoms with Crippen molar-refractivity contribution in [2.75, 3.05) is 77.0 Å². The predicted octanol–water partition coefficient (Wildman–Crippen LogP) is 7.40. The number of carbonyl (C=O) groups is 2. The Morgan fingerprint density at radius 1 is 0.961 bits per heavy atom. The van der Waals surface area contributed by atoms with Gasteiger partial charge in [0.15, 0.2) is 11.6 Å². The number of benzene rings is 2. The van der Waals surface area contributed by atoms with E-state index >= 15 is 0 Å². The lowest BCUT2D eigenvalue weighted by molar-refractivity contribution is -0.124. The van der Waals surface area contributed by atoms with Crippen molar-refractivity contribution in [2.45, 2.75) is 136 Å². The van der Waals surface area contributed by atoms with Gasteiger partial charge in [-0.15, -0.1) is 11.3 Å². The van der Waals surface area contributed by atoms with E-state index in [0.717, 1.165) is 95.2 Å². The summed E-state index contributed by atoms with van der Waals surface area (Å²) in [6.45, 7) is 20.9. The molecule has 77 heavy (non-hydrogen) atoms. The summed E-state index contributed by atoms with van der Waals surface area (Å²) in [5, 5.41) is 27.0. The fourth-order valence-corrected chi connectivity index (χ4v) is 12.6. The molecular weight excluding hydrogens is 989 g/mol. The number of aromatic nitrogens is 2. The number of nitrogens with one attached hydrogen (secondary N) is 1. The summed E-state index contributed by atoms with van der Waals surface area (Å²) in [4.78, 5) is 37.3. The third-order valence-corrected chi connectivity index (χ3v) is 17.4. The molecule has 2 atom stereocenters. The number of phenols is 1. The molecule has 4 fully saturated rings. The van der Waals surface area contributed by atoms with E-state index in [-0.39, 0.29) is 48.4 Å². The largest absolute Gasteiger partial charge is 0.507 e. The number of nitrogens with two attached hydrogens (primary N) is 5. The lowest BCUT2D eigenvalue weighted by Gasteiger charge is -2.55. The lowest BCUT2D eigenvalue weighted by atomic mass is 9.60. The molecule has 2 aromatic heterocycles. The summed E-state index contributed by atoms with van der Waals surface area (Å²) in [5.41, 5.74) is 35.5. The van der Waals surface area contributed by atoms with E-state index in [4.69, 9.17) is 32.3 Å². The molecule has 424 valence electrons. The van der Waals surface area contributed by atoms with Crippen LogP contribution >= 0.6 is 11.3 Å². The van der Waals surface area contributed by atoms with Gasteiger partial charge in [-0.2, -0.15) is 0 Å². The van der Waals surface area contributed by atoms with Gasteiger partial charge in [0.2, 0.25) is 12.3 Å². The number of piperidine rings is 3. The third kappa shape index (κ3) is 17.2. The van der Waals surface area contributed by atoms with E-state index in [1.165, 1.54) is 74.2 Å². The quantitative estimate of drug-likeness (QED) is 0.0229. The zero-order valence-corrected chi connectivity index (χ0v) is 47.6. The highest BCUT2D eigenvalue weighted by Crippen LogP contribution is 2.51. The molecule has 0 bridgehead atoms. The molecule has 1 spiro atoms. The molecule has 4 aliphatic rings. The Labute approximate surface area is 462 Å². The van der Waals surface area contributed by atoms with E-state index in [2.05, 4.69) is 99.7 Å². The Morgan fingerprint density at radius 3 is 2.23 bits per heavy atom. The topological polar surface area (TPSA) is 269 Å². The highest BCUT2D eigenvalue weighted by molar-refractivity contribution is 7.13. The van der Waals surface area contributed by atoms with E-state index < -0.39 is 0 Å². The number of carbonyl (C=O) groups excluding carboxylic acids is 2. The molecule has 1 aliphatic carbocycles. The second kappa shape index (κ2) is 29.9. The molecule has 0 radical (unpaired) electrons. The summed E-state index contributed by atoms with van der Waals surface area (Å²) in [5.74, 6) is 2.89. The first-order valence-electron chi connectivity index (χ1n) is 28.3. The van der Waals surface area contributed by atoms with Crippen LogP contribution < -0.4 is 38.9 Å². The van der Waals surface area contributed by atoms with Gasteiger partial charge in [-0.05, 0) is 150 Å². The maximum absolute atomic E-state index is 13.4. The zero-order valence-electron chi connectivity index (χ0n) is 46.8. The third-order valence-electron chi connectivity index (χ3n) is 16.4. The maximum Gasteiger partial charge on any atom is 0.231 e. The van der Waals surface area contributed by atoms with Gasteiger partial charge in [0.25, 0.3) is 0 Å². The highest BCUT2D eigenvalue weighted by atomic mass is 32.1. The Morgan fingerprint density at radius 2 is 1.64 bits per heavy atom. The molecule has 8 rings (SSSR count). The SMILES string of the molecule is CCCN(CCO)C1CC2(CCN(CC3CCN(c4cc(C(C(=O)NCCCCC(C)c5ccc(-c6scnc6C)cc5)C(C)C)on4)CC3)CC2)C1.NC(N)=C(/C=C(\N)c1ccccc1O)N1CCC(N)CC1.NC=O. The smallest absolute Gasteiger partial charge is 0.231 e. The molecule has 1 saturated carbocycles. The normalized spacial score (nSPS) is 18.2. The number of primary amides is 1. The number of anilines is 1. The van der Waals surface area contributed by atoms with Crippen molar-refractivity contribution in [3.05, 3.63) is 100 Å². The molecule has 5 heterocycles. The summed E-state index contributed by atoms with van der Waals surface area (Å²) in [6, 6.07) is 18.7. The number of amides is 2. The first-order valence-corrected chi connectivity index (χ1v) is 29.2. The first kappa shape index (κ1) is 60.6.